The fraction of sp³-hybridized carbons (Fsp3) is 1.00. The molecule has 0 aromatic rings. The first-order valence-electron chi connectivity index (χ1n) is 4.64. The van der Waals surface area contributed by atoms with E-state index in [-0.39, 0.29) is 0 Å². The molecule has 0 heterocycles. The molecule has 1 fully saturated rings. The van der Waals surface area contributed by atoms with Crippen LogP contribution in [-0.2, 0) is 0 Å². The van der Waals surface area contributed by atoms with Gasteiger partial charge in [0, 0.05) is 11.4 Å². The molecule has 0 saturated heterocycles. The van der Waals surface area contributed by atoms with Crippen molar-refractivity contribution < 1.29 is 0 Å². The summed E-state index contributed by atoms with van der Waals surface area (Å²) in [4.78, 5) is 0. The molecule has 66 valence electrons. The smallest absolute Gasteiger partial charge is 0.0406 e. The molecule has 0 radical (unpaired) electrons. The van der Waals surface area contributed by atoms with Crippen molar-refractivity contribution >= 4 is 11.6 Å². The van der Waals surface area contributed by atoms with E-state index in [4.69, 9.17) is 11.6 Å². The van der Waals surface area contributed by atoms with E-state index in [0.717, 1.165) is 12.4 Å². The quantitative estimate of drug-likeness (QED) is 0.500. The molecule has 11 heavy (non-hydrogen) atoms. The van der Waals surface area contributed by atoms with E-state index in [2.05, 4.69) is 12.2 Å². The maximum atomic E-state index is 5.88. The minimum atomic E-state index is 0.330. The van der Waals surface area contributed by atoms with Gasteiger partial charge in [0.25, 0.3) is 0 Å². The number of nitrogens with one attached hydrogen (secondary N) is 1. The Morgan fingerprint density at radius 2 is 2.18 bits per heavy atom. The second-order valence-corrected chi connectivity index (χ2v) is 3.82. The molecule has 0 spiro atoms. The lowest BCUT2D eigenvalue weighted by Gasteiger charge is -2.41. The van der Waals surface area contributed by atoms with E-state index in [0.29, 0.717) is 5.54 Å². The van der Waals surface area contributed by atoms with Crippen LogP contribution in [0.1, 0.15) is 39.0 Å². The van der Waals surface area contributed by atoms with Gasteiger partial charge in [0.05, 0.1) is 0 Å². The van der Waals surface area contributed by atoms with Crippen molar-refractivity contribution in [1.29, 1.82) is 0 Å². The molecule has 0 bridgehead atoms. The molecule has 0 aliphatic heterocycles. The Balaban J connectivity index is 2.11. The fourth-order valence-corrected chi connectivity index (χ4v) is 1.85. The topological polar surface area (TPSA) is 12.0 Å². The van der Waals surface area contributed by atoms with Crippen LogP contribution in [0.4, 0.5) is 0 Å². The Bertz CT molecular complexity index is 105. The van der Waals surface area contributed by atoms with Crippen LogP contribution in [0.3, 0.4) is 0 Å². The zero-order valence-corrected chi connectivity index (χ0v) is 8.08. The van der Waals surface area contributed by atoms with Crippen LogP contribution < -0.4 is 5.32 Å². The van der Waals surface area contributed by atoms with E-state index >= 15 is 0 Å². The van der Waals surface area contributed by atoms with Gasteiger partial charge in [-0.2, -0.15) is 0 Å². The lowest BCUT2D eigenvalue weighted by Crippen LogP contribution is -2.52. The molecule has 1 saturated carbocycles. The molecule has 0 aromatic heterocycles. The maximum absolute atomic E-state index is 5.88. The molecular formula is C9H18ClN. The molecule has 0 atom stereocenters. The lowest BCUT2D eigenvalue weighted by atomic mass is 9.78. The number of unbranched alkanes of at least 4 members (excludes halogenated alkanes) is 1. The third-order valence-electron chi connectivity index (χ3n) is 2.60. The van der Waals surface area contributed by atoms with Crippen LogP contribution in [0.2, 0.25) is 0 Å². The van der Waals surface area contributed by atoms with E-state index in [1.807, 2.05) is 0 Å². The highest BCUT2D eigenvalue weighted by molar-refractivity contribution is 6.18. The minimum Gasteiger partial charge on any atom is -0.310 e. The highest BCUT2D eigenvalue weighted by atomic mass is 35.5. The van der Waals surface area contributed by atoms with E-state index in [1.54, 1.807) is 0 Å². The fourth-order valence-electron chi connectivity index (χ4n) is 1.49. The maximum Gasteiger partial charge on any atom is 0.0406 e. The lowest BCUT2D eigenvalue weighted by molar-refractivity contribution is 0.213. The van der Waals surface area contributed by atoms with Gasteiger partial charge in [-0.05, 0) is 32.2 Å². The molecule has 0 aromatic carbocycles. The molecule has 1 N–H and O–H groups in total. The molecule has 0 unspecified atom stereocenters. The molecule has 1 aliphatic carbocycles. The van der Waals surface area contributed by atoms with Crippen molar-refractivity contribution in [2.24, 2.45) is 0 Å². The van der Waals surface area contributed by atoms with Gasteiger partial charge < -0.3 is 5.32 Å². The molecular weight excluding hydrogens is 158 g/mol. The van der Waals surface area contributed by atoms with Gasteiger partial charge in [-0.15, -0.1) is 11.6 Å². The summed E-state index contributed by atoms with van der Waals surface area (Å²) in [6, 6.07) is 0. The summed E-state index contributed by atoms with van der Waals surface area (Å²) in [7, 11) is 0. The number of halogens is 1. The van der Waals surface area contributed by atoms with Crippen LogP contribution in [0, 0.1) is 0 Å². The molecule has 0 amide bonds. The van der Waals surface area contributed by atoms with Crippen LogP contribution in [0.25, 0.3) is 0 Å². The predicted octanol–water partition coefficient (Wildman–Crippen LogP) is 2.54. The van der Waals surface area contributed by atoms with Crippen LogP contribution >= 0.6 is 11.6 Å². The zero-order chi connectivity index (χ0) is 8.16. The standard InChI is InChI=1S/C9H18ClN/c1-2-3-7-11-9(8-10)5-4-6-9/h11H,2-8H2,1H3. The van der Waals surface area contributed by atoms with Gasteiger partial charge >= 0.3 is 0 Å². The number of hydrogen-bond donors (Lipinski definition) is 1. The van der Waals surface area contributed by atoms with Crippen LogP contribution in [-0.4, -0.2) is 18.0 Å². The molecule has 1 nitrogen and oxygen atoms in total. The average molecular weight is 176 g/mol. The first-order valence-corrected chi connectivity index (χ1v) is 5.17. The summed E-state index contributed by atoms with van der Waals surface area (Å²) in [6.07, 6.45) is 6.45. The van der Waals surface area contributed by atoms with E-state index < -0.39 is 0 Å². The highest BCUT2D eigenvalue weighted by Gasteiger charge is 2.34. The summed E-state index contributed by atoms with van der Waals surface area (Å²) >= 11 is 5.88. The second kappa shape index (κ2) is 4.32. The Kier molecular flexibility index (Phi) is 3.67. The summed E-state index contributed by atoms with van der Waals surface area (Å²) in [6.45, 7) is 3.36. The van der Waals surface area contributed by atoms with E-state index in [9.17, 15) is 0 Å². The zero-order valence-electron chi connectivity index (χ0n) is 7.33. The summed E-state index contributed by atoms with van der Waals surface area (Å²) in [5.41, 5.74) is 0.330. The first-order chi connectivity index (χ1) is 5.33. The SMILES string of the molecule is CCCCNC1(CCl)CCC1. The molecule has 1 aliphatic rings. The van der Waals surface area contributed by atoms with Gasteiger partial charge in [0.15, 0.2) is 0 Å². The Morgan fingerprint density at radius 3 is 2.55 bits per heavy atom. The van der Waals surface area contributed by atoms with Crippen LogP contribution in [0.5, 0.6) is 0 Å². The summed E-state index contributed by atoms with van der Waals surface area (Å²) in [5.74, 6) is 0.788. The second-order valence-electron chi connectivity index (χ2n) is 3.55. The number of rotatable bonds is 5. The Hall–Kier alpha value is 0.250. The van der Waals surface area contributed by atoms with Gasteiger partial charge in [0.1, 0.15) is 0 Å². The van der Waals surface area contributed by atoms with Crippen molar-refractivity contribution in [1.82, 2.24) is 5.32 Å². The first kappa shape index (κ1) is 9.34. The van der Waals surface area contributed by atoms with Gasteiger partial charge in [-0.1, -0.05) is 13.3 Å². The third-order valence-corrected chi connectivity index (χ3v) is 3.11. The molecule has 1 rings (SSSR count). The van der Waals surface area contributed by atoms with Crippen molar-refractivity contribution in [2.75, 3.05) is 12.4 Å². The predicted molar refractivity (Wildman–Crippen MR) is 50.2 cm³/mol. The number of alkyl halides is 1. The minimum absolute atomic E-state index is 0.330. The van der Waals surface area contributed by atoms with Gasteiger partial charge in [0.2, 0.25) is 0 Å². The summed E-state index contributed by atoms with van der Waals surface area (Å²) < 4.78 is 0. The van der Waals surface area contributed by atoms with Crippen molar-refractivity contribution in [2.45, 2.75) is 44.6 Å². The number of hydrogen-bond acceptors (Lipinski definition) is 1. The van der Waals surface area contributed by atoms with Crippen molar-refractivity contribution in [3.8, 4) is 0 Å². The van der Waals surface area contributed by atoms with E-state index in [1.165, 1.54) is 32.1 Å². The Morgan fingerprint density at radius 1 is 1.45 bits per heavy atom. The van der Waals surface area contributed by atoms with Gasteiger partial charge in [-0.25, -0.2) is 0 Å². The third kappa shape index (κ3) is 2.34. The van der Waals surface area contributed by atoms with Crippen molar-refractivity contribution in [3.05, 3.63) is 0 Å². The molecule has 2 heteroatoms. The summed E-state index contributed by atoms with van der Waals surface area (Å²) in [5, 5.41) is 3.55. The van der Waals surface area contributed by atoms with Crippen molar-refractivity contribution in [3.63, 3.8) is 0 Å². The largest absolute Gasteiger partial charge is 0.310 e. The van der Waals surface area contributed by atoms with Crippen LogP contribution in [0.15, 0.2) is 0 Å². The highest BCUT2D eigenvalue weighted by Crippen LogP contribution is 2.32. The van der Waals surface area contributed by atoms with Gasteiger partial charge in [-0.3, -0.25) is 0 Å². The average Bonchev–Trinajstić information content (AvgIpc) is 1.95. The normalized spacial score (nSPS) is 21.3. The Labute approximate surface area is 74.5 Å². The monoisotopic (exact) mass is 175 g/mol.